The van der Waals surface area contributed by atoms with Gasteiger partial charge in [0.25, 0.3) is 5.69 Å². The van der Waals surface area contributed by atoms with Gasteiger partial charge in [-0.25, -0.2) is 9.97 Å². The molecule has 1 aromatic carbocycles. The number of benzene rings is 1. The molecular weight excluding hydrogens is 272 g/mol. The van der Waals surface area contributed by atoms with Crippen molar-refractivity contribution in [1.29, 1.82) is 0 Å². The summed E-state index contributed by atoms with van der Waals surface area (Å²) in [7, 11) is 0. The van der Waals surface area contributed by atoms with Crippen LogP contribution in [0.25, 0.3) is 0 Å². The molecule has 0 spiro atoms. The average molecular weight is 288 g/mol. The van der Waals surface area contributed by atoms with E-state index in [9.17, 15) is 10.1 Å². The van der Waals surface area contributed by atoms with Crippen LogP contribution >= 0.6 is 0 Å². The molecule has 0 bridgehead atoms. The van der Waals surface area contributed by atoms with Gasteiger partial charge >= 0.3 is 0 Å². The number of aromatic nitrogens is 2. The SMILES string of the molecule is CCNc1cc(C)nc(COc2cccc([N+](=O)[O-])c2)n1. The van der Waals surface area contributed by atoms with Crippen LogP contribution in [-0.2, 0) is 6.61 Å². The molecule has 7 nitrogen and oxygen atoms in total. The molecule has 1 N–H and O–H groups in total. The van der Waals surface area contributed by atoms with Gasteiger partial charge < -0.3 is 10.1 Å². The third-order valence-corrected chi connectivity index (χ3v) is 2.65. The number of ether oxygens (including phenoxy) is 1. The fourth-order valence-electron chi connectivity index (χ4n) is 1.80. The maximum atomic E-state index is 10.7. The van der Waals surface area contributed by atoms with Gasteiger partial charge in [-0.05, 0) is 19.9 Å². The minimum Gasteiger partial charge on any atom is -0.485 e. The van der Waals surface area contributed by atoms with Gasteiger partial charge in [0.15, 0.2) is 5.82 Å². The summed E-state index contributed by atoms with van der Waals surface area (Å²) in [6.07, 6.45) is 0. The Bertz CT molecular complexity index is 646. The minimum absolute atomic E-state index is 0.00833. The van der Waals surface area contributed by atoms with Crippen LogP contribution in [0.1, 0.15) is 18.4 Å². The summed E-state index contributed by atoms with van der Waals surface area (Å²) >= 11 is 0. The van der Waals surface area contributed by atoms with Gasteiger partial charge in [0.1, 0.15) is 18.2 Å². The molecule has 0 saturated heterocycles. The van der Waals surface area contributed by atoms with E-state index in [4.69, 9.17) is 4.74 Å². The number of nitro groups is 1. The van der Waals surface area contributed by atoms with Crippen molar-refractivity contribution in [1.82, 2.24) is 9.97 Å². The molecule has 7 heteroatoms. The largest absolute Gasteiger partial charge is 0.485 e. The zero-order valence-electron chi connectivity index (χ0n) is 11.9. The molecule has 110 valence electrons. The highest BCUT2D eigenvalue weighted by atomic mass is 16.6. The van der Waals surface area contributed by atoms with E-state index in [1.54, 1.807) is 12.1 Å². The van der Waals surface area contributed by atoms with E-state index in [0.717, 1.165) is 18.1 Å². The first-order valence-corrected chi connectivity index (χ1v) is 6.54. The Hall–Kier alpha value is -2.70. The summed E-state index contributed by atoms with van der Waals surface area (Å²) in [5.74, 6) is 1.68. The zero-order valence-corrected chi connectivity index (χ0v) is 11.9. The number of hydrogen-bond acceptors (Lipinski definition) is 6. The number of nitro benzene ring substituents is 1. The second-order valence-corrected chi connectivity index (χ2v) is 4.38. The van der Waals surface area contributed by atoms with E-state index >= 15 is 0 Å². The van der Waals surface area contributed by atoms with E-state index in [2.05, 4.69) is 15.3 Å². The summed E-state index contributed by atoms with van der Waals surface area (Å²) in [6.45, 7) is 4.78. The third kappa shape index (κ3) is 4.13. The predicted octanol–water partition coefficient (Wildman–Crippen LogP) is 2.70. The fraction of sp³-hybridized carbons (Fsp3) is 0.286. The van der Waals surface area contributed by atoms with Crippen LogP contribution in [0.5, 0.6) is 5.75 Å². The van der Waals surface area contributed by atoms with Gasteiger partial charge in [-0.15, -0.1) is 0 Å². The quantitative estimate of drug-likeness (QED) is 0.649. The lowest BCUT2D eigenvalue weighted by molar-refractivity contribution is -0.384. The first kappa shape index (κ1) is 14.7. The summed E-state index contributed by atoms with van der Waals surface area (Å²) in [4.78, 5) is 18.8. The van der Waals surface area contributed by atoms with Crippen LogP contribution in [0.2, 0.25) is 0 Å². The van der Waals surface area contributed by atoms with Crippen molar-refractivity contribution in [3.8, 4) is 5.75 Å². The maximum Gasteiger partial charge on any atom is 0.273 e. The molecular formula is C14H16N4O3. The molecule has 0 amide bonds. The predicted molar refractivity (Wildman–Crippen MR) is 78.4 cm³/mol. The molecule has 0 aliphatic heterocycles. The molecule has 0 aliphatic carbocycles. The van der Waals surface area contributed by atoms with E-state index < -0.39 is 4.92 Å². The molecule has 2 aromatic rings. The molecule has 0 unspecified atom stereocenters. The Morgan fingerprint density at radius 3 is 2.86 bits per heavy atom. The number of rotatable bonds is 6. The molecule has 2 rings (SSSR count). The zero-order chi connectivity index (χ0) is 15.2. The molecule has 0 radical (unpaired) electrons. The lowest BCUT2D eigenvalue weighted by Crippen LogP contribution is -2.07. The van der Waals surface area contributed by atoms with Crippen molar-refractivity contribution in [2.45, 2.75) is 20.5 Å². The number of aryl methyl sites for hydroxylation is 1. The number of anilines is 1. The summed E-state index contributed by atoms with van der Waals surface area (Å²) in [5, 5.41) is 13.8. The Balaban J connectivity index is 2.09. The van der Waals surface area contributed by atoms with Crippen molar-refractivity contribution in [3.63, 3.8) is 0 Å². The van der Waals surface area contributed by atoms with Crippen molar-refractivity contribution < 1.29 is 9.66 Å². The van der Waals surface area contributed by atoms with Crippen molar-refractivity contribution in [2.24, 2.45) is 0 Å². The second-order valence-electron chi connectivity index (χ2n) is 4.38. The lowest BCUT2D eigenvalue weighted by atomic mass is 10.3. The topological polar surface area (TPSA) is 90.2 Å². The van der Waals surface area contributed by atoms with Gasteiger partial charge in [-0.2, -0.15) is 0 Å². The van der Waals surface area contributed by atoms with Crippen molar-refractivity contribution >= 4 is 11.5 Å². The highest BCUT2D eigenvalue weighted by molar-refractivity contribution is 5.38. The Morgan fingerprint density at radius 1 is 1.33 bits per heavy atom. The van der Waals surface area contributed by atoms with Crippen LogP contribution in [0, 0.1) is 17.0 Å². The molecule has 0 fully saturated rings. The molecule has 0 atom stereocenters. The number of nitrogens with zero attached hydrogens (tertiary/aromatic N) is 3. The minimum atomic E-state index is -0.459. The van der Waals surface area contributed by atoms with E-state index in [0.29, 0.717) is 11.6 Å². The van der Waals surface area contributed by atoms with Crippen molar-refractivity contribution in [3.05, 3.63) is 52.0 Å². The van der Waals surface area contributed by atoms with Gasteiger partial charge in [0, 0.05) is 24.4 Å². The van der Waals surface area contributed by atoms with E-state index in [1.807, 2.05) is 19.9 Å². The number of nitrogens with one attached hydrogen (secondary N) is 1. The van der Waals surface area contributed by atoms with Crippen LogP contribution < -0.4 is 10.1 Å². The fourth-order valence-corrected chi connectivity index (χ4v) is 1.80. The number of hydrogen-bond donors (Lipinski definition) is 1. The van der Waals surface area contributed by atoms with Gasteiger partial charge in [0.05, 0.1) is 11.0 Å². The first-order valence-electron chi connectivity index (χ1n) is 6.54. The summed E-state index contributed by atoms with van der Waals surface area (Å²) in [6, 6.07) is 7.88. The first-order chi connectivity index (χ1) is 10.1. The highest BCUT2D eigenvalue weighted by Crippen LogP contribution is 2.20. The standard InChI is InChI=1S/C14H16N4O3/c1-3-15-13-7-10(2)16-14(17-13)9-21-12-6-4-5-11(8-12)18(19)20/h4-8H,3,9H2,1-2H3,(H,15,16,17). The van der Waals surface area contributed by atoms with E-state index in [-0.39, 0.29) is 12.3 Å². The van der Waals surface area contributed by atoms with Gasteiger partial charge in [0.2, 0.25) is 0 Å². The Morgan fingerprint density at radius 2 is 2.14 bits per heavy atom. The molecule has 1 aromatic heterocycles. The van der Waals surface area contributed by atoms with Gasteiger partial charge in [-0.1, -0.05) is 6.07 Å². The normalized spacial score (nSPS) is 10.2. The highest BCUT2D eigenvalue weighted by Gasteiger charge is 2.08. The smallest absolute Gasteiger partial charge is 0.273 e. The van der Waals surface area contributed by atoms with Gasteiger partial charge in [-0.3, -0.25) is 10.1 Å². The molecule has 0 saturated carbocycles. The average Bonchev–Trinajstić information content (AvgIpc) is 2.45. The van der Waals surface area contributed by atoms with Crippen LogP contribution in [0.3, 0.4) is 0 Å². The third-order valence-electron chi connectivity index (χ3n) is 2.65. The molecule has 1 heterocycles. The maximum absolute atomic E-state index is 10.7. The lowest BCUT2D eigenvalue weighted by Gasteiger charge is -2.08. The van der Waals surface area contributed by atoms with E-state index in [1.165, 1.54) is 12.1 Å². The van der Waals surface area contributed by atoms with Crippen molar-refractivity contribution in [2.75, 3.05) is 11.9 Å². The molecule has 21 heavy (non-hydrogen) atoms. The Labute approximate surface area is 122 Å². The monoisotopic (exact) mass is 288 g/mol. The molecule has 0 aliphatic rings. The van der Waals surface area contributed by atoms with Crippen LogP contribution in [-0.4, -0.2) is 21.4 Å². The summed E-state index contributed by atoms with van der Waals surface area (Å²) in [5.41, 5.74) is 0.824. The van der Waals surface area contributed by atoms with Crippen LogP contribution in [0.15, 0.2) is 30.3 Å². The summed E-state index contributed by atoms with van der Waals surface area (Å²) < 4.78 is 5.51. The second kappa shape index (κ2) is 6.65. The Kier molecular flexibility index (Phi) is 4.65. The number of non-ortho nitro benzene ring substituents is 1. The van der Waals surface area contributed by atoms with Crippen LogP contribution in [0.4, 0.5) is 11.5 Å².